The minimum atomic E-state index is 0.585. The Morgan fingerprint density at radius 2 is 1.89 bits per heavy atom. The normalized spacial score (nSPS) is 10.7. The van der Waals surface area contributed by atoms with E-state index in [0.717, 1.165) is 16.7 Å². The first kappa shape index (κ1) is 13.1. The monoisotopic (exact) mass is 304 g/mol. The lowest BCUT2D eigenvalue weighted by molar-refractivity contribution is 0.865. The lowest BCUT2D eigenvalue weighted by Gasteiger charge is -2.09. The zero-order valence-corrected chi connectivity index (χ0v) is 12.2. The van der Waals surface area contributed by atoms with Gasteiger partial charge in [0.1, 0.15) is 0 Å². The van der Waals surface area contributed by atoms with Gasteiger partial charge in [-0.15, -0.1) is 0 Å². The highest BCUT2D eigenvalue weighted by Crippen LogP contribution is 2.17. The number of anilines is 1. The van der Waals surface area contributed by atoms with Crippen LogP contribution in [0.1, 0.15) is 30.9 Å². The van der Waals surface area contributed by atoms with Gasteiger partial charge >= 0.3 is 0 Å². The van der Waals surface area contributed by atoms with Crippen LogP contribution in [0.4, 0.5) is 5.69 Å². The largest absolute Gasteiger partial charge is 0.380 e. The van der Waals surface area contributed by atoms with Gasteiger partial charge in [-0.1, -0.05) is 38.1 Å². The molecular formula is C15H17BrN2. The summed E-state index contributed by atoms with van der Waals surface area (Å²) in [7, 11) is 0. The summed E-state index contributed by atoms with van der Waals surface area (Å²) in [4.78, 5) is 4.12. The maximum Gasteiger partial charge on any atom is 0.0540 e. The van der Waals surface area contributed by atoms with Crippen LogP contribution in [-0.2, 0) is 6.54 Å². The number of aromatic nitrogens is 1. The lowest BCUT2D eigenvalue weighted by Crippen LogP contribution is -2.00. The highest BCUT2D eigenvalue weighted by molar-refractivity contribution is 9.10. The van der Waals surface area contributed by atoms with Gasteiger partial charge in [0.2, 0.25) is 0 Å². The number of hydrogen-bond donors (Lipinski definition) is 1. The van der Waals surface area contributed by atoms with Gasteiger partial charge in [0.05, 0.1) is 11.9 Å². The van der Waals surface area contributed by atoms with Crippen molar-refractivity contribution < 1.29 is 0 Å². The summed E-state index contributed by atoms with van der Waals surface area (Å²) < 4.78 is 0.989. The number of pyridine rings is 1. The van der Waals surface area contributed by atoms with Crippen molar-refractivity contribution in [1.82, 2.24) is 4.98 Å². The second-order valence-corrected chi connectivity index (χ2v) is 5.56. The van der Waals surface area contributed by atoms with E-state index in [1.54, 1.807) is 6.20 Å². The third kappa shape index (κ3) is 3.57. The highest BCUT2D eigenvalue weighted by Gasteiger charge is 1.99. The fraction of sp³-hybridized carbons (Fsp3) is 0.267. The summed E-state index contributed by atoms with van der Waals surface area (Å²) in [6, 6.07) is 10.8. The van der Waals surface area contributed by atoms with Crippen LogP contribution in [0, 0.1) is 0 Å². The number of rotatable bonds is 4. The predicted octanol–water partition coefficient (Wildman–Crippen LogP) is 4.58. The van der Waals surface area contributed by atoms with E-state index < -0.39 is 0 Å². The summed E-state index contributed by atoms with van der Waals surface area (Å²) in [5, 5.41) is 3.36. The molecule has 3 heteroatoms. The highest BCUT2D eigenvalue weighted by atomic mass is 79.9. The Kier molecular flexibility index (Phi) is 4.37. The van der Waals surface area contributed by atoms with Crippen molar-refractivity contribution in [2.24, 2.45) is 0 Å². The van der Waals surface area contributed by atoms with Crippen LogP contribution >= 0.6 is 15.9 Å². The van der Waals surface area contributed by atoms with E-state index in [1.165, 1.54) is 11.1 Å². The van der Waals surface area contributed by atoms with Gasteiger partial charge < -0.3 is 5.32 Å². The summed E-state index contributed by atoms with van der Waals surface area (Å²) in [5.74, 6) is 0.585. The molecule has 0 amide bonds. The minimum absolute atomic E-state index is 0.585. The lowest BCUT2D eigenvalue weighted by atomic mass is 10.0. The van der Waals surface area contributed by atoms with Crippen LogP contribution in [0.5, 0.6) is 0 Å². The molecule has 1 heterocycles. The van der Waals surface area contributed by atoms with E-state index in [-0.39, 0.29) is 0 Å². The van der Waals surface area contributed by atoms with Crippen molar-refractivity contribution in [1.29, 1.82) is 0 Å². The third-order valence-corrected chi connectivity index (χ3v) is 3.28. The molecular weight excluding hydrogens is 288 g/mol. The van der Waals surface area contributed by atoms with E-state index in [1.807, 2.05) is 12.3 Å². The van der Waals surface area contributed by atoms with Crippen LogP contribution in [0.15, 0.2) is 47.2 Å². The second-order valence-electron chi connectivity index (χ2n) is 4.64. The Hall–Kier alpha value is -1.35. The molecule has 0 saturated heterocycles. The summed E-state index contributed by atoms with van der Waals surface area (Å²) in [6.45, 7) is 5.23. The second kappa shape index (κ2) is 6.01. The maximum atomic E-state index is 4.12. The number of benzene rings is 1. The van der Waals surface area contributed by atoms with Gasteiger partial charge in [0.25, 0.3) is 0 Å². The van der Waals surface area contributed by atoms with E-state index in [2.05, 4.69) is 64.3 Å². The molecule has 94 valence electrons. The van der Waals surface area contributed by atoms with Crippen molar-refractivity contribution in [3.63, 3.8) is 0 Å². The van der Waals surface area contributed by atoms with Crippen molar-refractivity contribution in [3.05, 3.63) is 58.3 Å². The van der Waals surface area contributed by atoms with E-state index in [9.17, 15) is 0 Å². The topological polar surface area (TPSA) is 24.9 Å². The number of halogens is 1. The molecule has 0 aliphatic rings. The van der Waals surface area contributed by atoms with Gasteiger partial charge in [-0.2, -0.15) is 0 Å². The zero-order valence-electron chi connectivity index (χ0n) is 10.7. The van der Waals surface area contributed by atoms with E-state index in [4.69, 9.17) is 0 Å². The first-order valence-electron chi connectivity index (χ1n) is 6.08. The fourth-order valence-corrected chi connectivity index (χ4v) is 2.10. The Morgan fingerprint density at radius 3 is 2.50 bits per heavy atom. The average Bonchev–Trinajstić information content (AvgIpc) is 2.37. The molecule has 0 bridgehead atoms. The van der Waals surface area contributed by atoms with Gasteiger partial charge in [-0.3, -0.25) is 4.98 Å². The summed E-state index contributed by atoms with van der Waals surface area (Å²) in [6.07, 6.45) is 3.61. The Labute approximate surface area is 117 Å². The molecule has 0 radical (unpaired) electrons. The van der Waals surface area contributed by atoms with Crippen molar-refractivity contribution in [3.8, 4) is 0 Å². The van der Waals surface area contributed by atoms with Crippen LogP contribution in [-0.4, -0.2) is 4.98 Å². The molecule has 1 N–H and O–H groups in total. The third-order valence-electron chi connectivity index (χ3n) is 2.85. The zero-order chi connectivity index (χ0) is 13.0. The van der Waals surface area contributed by atoms with Crippen molar-refractivity contribution >= 4 is 21.6 Å². The molecule has 0 aliphatic heterocycles. The molecule has 0 fully saturated rings. The summed E-state index contributed by atoms with van der Waals surface area (Å²) >= 11 is 3.41. The van der Waals surface area contributed by atoms with Crippen LogP contribution in [0.2, 0.25) is 0 Å². The Morgan fingerprint density at radius 1 is 1.17 bits per heavy atom. The fourth-order valence-electron chi connectivity index (χ4n) is 1.73. The van der Waals surface area contributed by atoms with Crippen molar-refractivity contribution in [2.45, 2.75) is 26.3 Å². The van der Waals surface area contributed by atoms with Gasteiger partial charge in [-0.05, 0) is 39.0 Å². The molecule has 2 aromatic rings. The Balaban J connectivity index is 1.98. The average molecular weight is 305 g/mol. The SMILES string of the molecule is CC(C)c1ccc(CNc2cncc(Br)c2)cc1. The predicted molar refractivity (Wildman–Crippen MR) is 79.8 cm³/mol. The molecule has 0 spiro atoms. The maximum absolute atomic E-state index is 4.12. The van der Waals surface area contributed by atoms with Gasteiger partial charge in [0, 0.05) is 17.2 Å². The number of nitrogens with one attached hydrogen (secondary N) is 1. The summed E-state index contributed by atoms with van der Waals surface area (Å²) in [5.41, 5.74) is 3.68. The van der Waals surface area contributed by atoms with Crippen molar-refractivity contribution in [2.75, 3.05) is 5.32 Å². The molecule has 2 rings (SSSR count). The molecule has 18 heavy (non-hydrogen) atoms. The molecule has 2 nitrogen and oxygen atoms in total. The van der Waals surface area contributed by atoms with Crippen LogP contribution in [0.3, 0.4) is 0 Å². The Bertz CT molecular complexity index is 506. The van der Waals surface area contributed by atoms with Crippen LogP contribution < -0.4 is 5.32 Å². The first-order valence-corrected chi connectivity index (χ1v) is 6.87. The number of hydrogen-bond acceptors (Lipinski definition) is 2. The van der Waals surface area contributed by atoms with Gasteiger partial charge in [0.15, 0.2) is 0 Å². The van der Waals surface area contributed by atoms with E-state index >= 15 is 0 Å². The van der Waals surface area contributed by atoms with Crippen LogP contribution in [0.25, 0.3) is 0 Å². The molecule has 0 unspecified atom stereocenters. The smallest absolute Gasteiger partial charge is 0.0540 e. The first-order chi connectivity index (χ1) is 8.65. The molecule has 1 aromatic heterocycles. The molecule has 0 saturated carbocycles. The van der Waals surface area contributed by atoms with E-state index in [0.29, 0.717) is 5.92 Å². The molecule has 0 aliphatic carbocycles. The standard InChI is InChI=1S/C15H17BrN2/c1-11(2)13-5-3-12(4-6-13)8-18-15-7-14(16)9-17-10-15/h3-7,9-11,18H,8H2,1-2H3. The van der Waals surface area contributed by atoms with Gasteiger partial charge in [-0.25, -0.2) is 0 Å². The quantitative estimate of drug-likeness (QED) is 0.894. The minimum Gasteiger partial charge on any atom is -0.380 e. The number of nitrogens with zero attached hydrogens (tertiary/aromatic N) is 1. The molecule has 0 atom stereocenters. The molecule has 1 aromatic carbocycles.